The molecule has 0 aliphatic rings. The van der Waals surface area contributed by atoms with Gasteiger partial charge < -0.3 is 10.3 Å². The molecule has 7 heteroatoms. The van der Waals surface area contributed by atoms with Crippen molar-refractivity contribution in [3.05, 3.63) is 78.2 Å². The summed E-state index contributed by atoms with van der Waals surface area (Å²) in [7, 11) is 0. The smallest absolute Gasteiger partial charge is 0.354 e. The van der Waals surface area contributed by atoms with E-state index in [0.717, 1.165) is 28.7 Å². The van der Waals surface area contributed by atoms with E-state index in [9.17, 15) is 17.6 Å². The third-order valence-corrected chi connectivity index (χ3v) is 4.10. The number of hydrogen-bond donors (Lipinski definition) is 2. The Morgan fingerprint density at radius 1 is 0.926 bits per heavy atom. The van der Waals surface area contributed by atoms with Crippen LogP contribution < -0.4 is 5.32 Å². The lowest BCUT2D eigenvalue weighted by Crippen LogP contribution is -2.05. The molecule has 0 fully saturated rings. The van der Waals surface area contributed by atoms with E-state index in [0.29, 0.717) is 11.4 Å². The number of pyridine rings is 1. The van der Waals surface area contributed by atoms with Gasteiger partial charge in [0.1, 0.15) is 11.6 Å². The van der Waals surface area contributed by atoms with Crippen molar-refractivity contribution >= 4 is 22.4 Å². The number of hydrogen-bond acceptors (Lipinski definition) is 2. The zero-order valence-electron chi connectivity index (χ0n) is 13.8. The number of alkyl halides is 3. The minimum atomic E-state index is -4.41. The monoisotopic (exact) mass is 371 g/mol. The fourth-order valence-electron chi connectivity index (χ4n) is 2.83. The summed E-state index contributed by atoms with van der Waals surface area (Å²) in [5.74, 6) is 0.0608. The minimum absolute atomic E-state index is 0.286. The highest BCUT2D eigenvalue weighted by molar-refractivity contribution is 5.87. The molecule has 27 heavy (non-hydrogen) atoms. The molecule has 3 nitrogen and oxygen atoms in total. The van der Waals surface area contributed by atoms with Crippen LogP contribution in [-0.2, 0) is 6.18 Å². The SMILES string of the molecule is Fc1cccc(-c2cc3cnc(Nc4cccc(C(F)(F)F)c4)cc3[nH]2)c1. The molecule has 2 aromatic carbocycles. The zero-order valence-corrected chi connectivity index (χ0v) is 13.8. The van der Waals surface area contributed by atoms with Gasteiger partial charge in [0.2, 0.25) is 0 Å². The van der Waals surface area contributed by atoms with Crippen molar-refractivity contribution in [2.75, 3.05) is 5.32 Å². The van der Waals surface area contributed by atoms with Gasteiger partial charge in [0.25, 0.3) is 0 Å². The Morgan fingerprint density at radius 2 is 1.74 bits per heavy atom. The van der Waals surface area contributed by atoms with Gasteiger partial charge in [-0.05, 0) is 36.4 Å². The van der Waals surface area contributed by atoms with Gasteiger partial charge >= 0.3 is 6.18 Å². The summed E-state index contributed by atoms with van der Waals surface area (Å²) in [6, 6.07) is 14.6. The second-order valence-electron chi connectivity index (χ2n) is 6.05. The molecule has 2 heterocycles. The van der Waals surface area contributed by atoms with Gasteiger partial charge in [0.15, 0.2) is 0 Å². The third kappa shape index (κ3) is 3.62. The van der Waals surface area contributed by atoms with Crippen molar-refractivity contribution < 1.29 is 17.6 Å². The lowest BCUT2D eigenvalue weighted by Gasteiger charge is -2.10. The Morgan fingerprint density at radius 3 is 2.52 bits per heavy atom. The molecule has 0 saturated carbocycles. The number of fused-ring (bicyclic) bond motifs is 1. The van der Waals surface area contributed by atoms with E-state index >= 15 is 0 Å². The molecule has 4 aromatic rings. The average Bonchev–Trinajstić information content (AvgIpc) is 3.05. The van der Waals surface area contributed by atoms with Crippen LogP contribution in [0.2, 0.25) is 0 Å². The first kappa shape index (κ1) is 17.1. The van der Waals surface area contributed by atoms with Gasteiger partial charge in [-0.3, -0.25) is 0 Å². The largest absolute Gasteiger partial charge is 0.416 e. The summed E-state index contributed by atoms with van der Waals surface area (Å²) in [5.41, 5.74) is 1.70. The summed E-state index contributed by atoms with van der Waals surface area (Å²) in [6.07, 6.45) is -2.81. The molecule has 0 spiro atoms. The highest BCUT2D eigenvalue weighted by atomic mass is 19.4. The number of benzene rings is 2. The van der Waals surface area contributed by atoms with E-state index in [1.54, 1.807) is 24.4 Å². The van der Waals surface area contributed by atoms with Crippen molar-refractivity contribution in [2.45, 2.75) is 6.18 Å². The number of aromatic amines is 1. The van der Waals surface area contributed by atoms with Crippen LogP contribution >= 0.6 is 0 Å². The number of halogens is 4. The van der Waals surface area contributed by atoms with Gasteiger partial charge in [-0.25, -0.2) is 9.37 Å². The van der Waals surface area contributed by atoms with Gasteiger partial charge in [0, 0.05) is 34.6 Å². The number of nitrogens with one attached hydrogen (secondary N) is 2. The van der Waals surface area contributed by atoms with E-state index in [1.807, 2.05) is 6.07 Å². The number of rotatable bonds is 3. The number of aromatic nitrogens is 2. The zero-order chi connectivity index (χ0) is 19.0. The maximum Gasteiger partial charge on any atom is 0.416 e. The Hall–Kier alpha value is -3.35. The second-order valence-corrected chi connectivity index (χ2v) is 6.05. The third-order valence-electron chi connectivity index (χ3n) is 4.10. The van der Waals surface area contributed by atoms with Crippen LogP contribution in [0.1, 0.15) is 5.56 Å². The molecule has 0 radical (unpaired) electrons. The lowest BCUT2D eigenvalue weighted by atomic mass is 10.1. The fourth-order valence-corrected chi connectivity index (χ4v) is 2.83. The topological polar surface area (TPSA) is 40.7 Å². The second kappa shape index (κ2) is 6.42. The molecule has 2 aromatic heterocycles. The van der Waals surface area contributed by atoms with Crippen LogP contribution in [0, 0.1) is 5.82 Å². The molecule has 0 bridgehead atoms. The van der Waals surface area contributed by atoms with E-state index in [4.69, 9.17) is 0 Å². The first-order chi connectivity index (χ1) is 12.9. The van der Waals surface area contributed by atoms with Crippen LogP contribution in [0.3, 0.4) is 0 Å². The maximum atomic E-state index is 13.4. The van der Waals surface area contributed by atoms with Gasteiger partial charge in [0.05, 0.1) is 11.1 Å². The summed E-state index contributed by atoms with van der Waals surface area (Å²) in [6.45, 7) is 0. The molecule has 0 aliphatic carbocycles. The van der Waals surface area contributed by atoms with Crippen LogP contribution in [0.15, 0.2) is 66.9 Å². The van der Waals surface area contributed by atoms with Gasteiger partial charge in [-0.2, -0.15) is 13.2 Å². The van der Waals surface area contributed by atoms with Gasteiger partial charge in [-0.1, -0.05) is 18.2 Å². The highest BCUT2D eigenvalue weighted by Gasteiger charge is 2.30. The van der Waals surface area contributed by atoms with Crippen molar-refractivity contribution in [1.82, 2.24) is 9.97 Å². The molecule has 0 aliphatic heterocycles. The number of H-pyrrole nitrogens is 1. The predicted molar refractivity (Wildman–Crippen MR) is 96.2 cm³/mol. The molecule has 0 amide bonds. The van der Waals surface area contributed by atoms with Crippen molar-refractivity contribution in [3.8, 4) is 11.3 Å². The molecule has 0 atom stereocenters. The van der Waals surface area contributed by atoms with Crippen LogP contribution in [-0.4, -0.2) is 9.97 Å². The predicted octanol–water partition coefficient (Wildman–Crippen LogP) is 6.13. The Balaban J connectivity index is 1.64. The Labute approximate surface area is 151 Å². The Kier molecular flexibility index (Phi) is 4.07. The first-order valence-corrected chi connectivity index (χ1v) is 8.07. The summed E-state index contributed by atoms with van der Waals surface area (Å²) < 4.78 is 51.9. The van der Waals surface area contributed by atoms with Crippen molar-refractivity contribution in [1.29, 1.82) is 0 Å². The molecule has 4 rings (SSSR count). The Bertz CT molecular complexity index is 1120. The lowest BCUT2D eigenvalue weighted by molar-refractivity contribution is -0.137. The quantitative estimate of drug-likeness (QED) is 0.425. The fraction of sp³-hybridized carbons (Fsp3) is 0.0500. The normalized spacial score (nSPS) is 11.7. The summed E-state index contributed by atoms with van der Waals surface area (Å²) in [4.78, 5) is 7.41. The van der Waals surface area contributed by atoms with E-state index in [2.05, 4.69) is 15.3 Å². The molecule has 0 unspecified atom stereocenters. The van der Waals surface area contributed by atoms with E-state index in [1.165, 1.54) is 24.3 Å². The molecular weight excluding hydrogens is 358 g/mol. The van der Waals surface area contributed by atoms with Crippen molar-refractivity contribution in [3.63, 3.8) is 0 Å². The van der Waals surface area contributed by atoms with E-state index in [-0.39, 0.29) is 11.5 Å². The van der Waals surface area contributed by atoms with E-state index < -0.39 is 11.7 Å². The maximum absolute atomic E-state index is 13.4. The highest BCUT2D eigenvalue weighted by Crippen LogP contribution is 2.32. The number of anilines is 2. The number of nitrogens with zero attached hydrogens (tertiary/aromatic N) is 1. The average molecular weight is 371 g/mol. The molecule has 2 N–H and O–H groups in total. The van der Waals surface area contributed by atoms with Crippen LogP contribution in [0.5, 0.6) is 0 Å². The van der Waals surface area contributed by atoms with Crippen LogP contribution in [0.25, 0.3) is 22.2 Å². The minimum Gasteiger partial charge on any atom is -0.354 e. The van der Waals surface area contributed by atoms with Crippen molar-refractivity contribution in [2.24, 2.45) is 0 Å². The van der Waals surface area contributed by atoms with Crippen LogP contribution in [0.4, 0.5) is 29.1 Å². The summed E-state index contributed by atoms with van der Waals surface area (Å²) >= 11 is 0. The first-order valence-electron chi connectivity index (χ1n) is 8.07. The summed E-state index contributed by atoms with van der Waals surface area (Å²) in [5, 5.41) is 3.68. The standard InChI is InChI=1S/C20H13F4N3/c21-15-5-1-3-12(7-15)17-8-13-11-25-19(10-18(13)27-17)26-16-6-2-4-14(9-16)20(22,23)24/h1-11,27H,(H,25,26). The van der Waals surface area contributed by atoms with Gasteiger partial charge in [-0.15, -0.1) is 0 Å². The molecule has 0 saturated heterocycles. The molecule has 136 valence electrons. The molecular formula is C20H13F4N3.